The molecular formula is C30H37N. The van der Waals surface area contributed by atoms with Crippen molar-refractivity contribution in [1.29, 1.82) is 0 Å². The number of nitrogens with zero attached hydrogens (tertiary/aromatic N) is 1. The summed E-state index contributed by atoms with van der Waals surface area (Å²) in [7, 11) is 0. The van der Waals surface area contributed by atoms with Gasteiger partial charge < -0.3 is 4.57 Å². The van der Waals surface area contributed by atoms with E-state index in [2.05, 4.69) is 121 Å². The summed E-state index contributed by atoms with van der Waals surface area (Å²) in [5, 5.41) is 2.67. The van der Waals surface area contributed by atoms with Crippen molar-refractivity contribution in [3.05, 3.63) is 77.4 Å². The van der Waals surface area contributed by atoms with E-state index in [1.807, 2.05) is 0 Å². The lowest BCUT2D eigenvalue weighted by Crippen LogP contribution is -2.23. The molecule has 0 saturated carbocycles. The normalized spacial score (nSPS) is 13.8. The molecule has 0 fully saturated rings. The minimum atomic E-state index is 0.233. The fourth-order valence-corrected chi connectivity index (χ4v) is 4.92. The lowest BCUT2D eigenvalue weighted by molar-refractivity contribution is 0.229. The van der Waals surface area contributed by atoms with E-state index in [4.69, 9.17) is 0 Å². The van der Waals surface area contributed by atoms with Gasteiger partial charge in [-0.05, 0) is 79.0 Å². The fourth-order valence-electron chi connectivity index (χ4n) is 4.92. The molecule has 1 unspecified atom stereocenters. The molecule has 0 aliphatic carbocycles. The number of fused-ring (bicyclic) bond motifs is 3. The average Bonchev–Trinajstić information content (AvgIpc) is 2.98. The monoisotopic (exact) mass is 411 g/mol. The number of aromatic nitrogens is 1. The maximum atomic E-state index is 2.42. The van der Waals surface area contributed by atoms with Crippen LogP contribution in [0.3, 0.4) is 0 Å². The Morgan fingerprint density at radius 2 is 1.16 bits per heavy atom. The van der Waals surface area contributed by atoms with Crippen LogP contribution in [-0.4, -0.2) is 4.57 Å². The highest BCUT2D eigenvalue weighted by atomic mass is 15.0. The van der Waals surface area contributed by atoms with Gasteiger partial charge in [0.05, 0.1) is 11.0 Å². The van der Waals surface area contributed by atoms with Crippen LogP contribution in [0.2, 0.25) is 0 Å². The Bertz CT molecular complexity index is 1160. The van der Waals surface area contributed by atoms with Gasteiger partial charge in [0.1, 0.15) is 0 Å². The number of hydrogen-bond acceptors (Lipinski definition) is 0. The van der Waals surface area contributed by atoms with Crippen LogP contribution < -0.4 is 0 Å². The van der Waals surface area contributed by atoms with Crippen LogP contribution in [0.1, 0.15) is 70.6 Å². The molecule has 4 aromatic rings. The van der Waals surface area contributed by atoms with Crippen LogP contribution in [0.25, 0.3) is 27.5 Å². The third-order valence-corrected chi connectivity index (χ3v) is 6.49. The summed E-state index contributed by atoms with van der Waals surface area (Å²) in [6, 6.07) is 23.0. The van der Waals surface area contributed by atoms with Gasteiger partial charge in [-0.1, -0.05) is 76.9 Å². The van der Waals surface area contributed by atoms with Gasteiger partial charge in [0.15, 0.2) is 0 Å². The van der Waals surface area contributed by atoms with Crippen LogP contribution in [0.15, 0.2) is 60.7 Å². The van der Waals surface area contributed by atoms with Gasteiger partial charge in [-0.25, -0.2) is 0 Å². The van der Waals surface area contributed by atoms with Gasteiger partial charge in [-0.2, -0.15) is 0 Å². The zero-order chi connectivity index (χ0) is 22.6. The topological polar surface area (TPSA) is 4.93 Å². The molecule has 1 nitrogen and oxygen atoms in total. The van der Waals surface area contributed by atoms with Gasteiger partial charge >= 0.3 is 0 Å². The third-order valence-electron chi connectivity index (χ3n) is 6.49. The summed E-state index contributed by atoms with van der Waals surface area (Å²) < 4.78 is 2.42. The van der Waals surface area contributed by atoms with E-state index in [9.17, 15) is 0 Å². The lowest BCUT2D eigenvalue weighted by Gasteiger charge is -2.36. The van der Waals surface area contributed by atoms with Crippen LogP contribution in [0, 0.1) is 24.7 Å². The first-order chi connectivity index (χ1) is 14.4. The van der Waals surface area contributed by atoms with Crippen LogP contribution >= 0.6 is 0 Å². The molecule has 3 aromatic carbocycles. The standard InChI is InChI=1S/C30H37N/c1-20-9-15-27-24(17-20)25-18-21(2)10-16-28(25)31(27)23-13-11-22(12-14-23)26(30(6,7)8)19-29(3,4)5/h9-18,26H,19H2,1-8H3. The van der Waals surface area contributed by atoms with Gasteiger partial charge in [0.2, 0.25) is 0 Å². The van der Waals surface area contributed by atoms with Crippen molar-refractivity contribution in [1.82, 2.24) is 4.57 Å². The Hall–Kier alpha value is -2.54. The SMILES string of the molecule is Cc1ccc2c(c1)c1cc(C)ccc1n2-c1ccc(C(CC(C)(C)C)C(C)(C)C)cc1. The number of benzene rings is 3. The Morgan fingerprint density at radius 1 is 0.677 bits per heavy atom. The molecule has 0 amide bonds. The molecule has 1 heteroatoms. The van der Waals surface area contributed by atoms with E-state index >= 15 is 0 Å². The summed E-state index contributed by atoms with van der Waals surface area (Å²) >= 11 is 0. The first-order valence-electron chi connectivity index (χ1n) is 11.6. The van der Waals surface area contributed by atoms with E-state index < -0.39 is 0 Å². The Kier molecular flexibility index (Phi) is 5.28. The molecule has 0 bridgehead atoms. The van der Waals surface area contributed by atoms with E-state index in [-0.39, 0.29) is 5.41 Å². The first kappa shape index (κ1) is 21.7. The average molecular weight is 412 g/mol. The van der Waals surface area contributed by atoms with Crippen LogP contribution in [0.4, 0.5) is 0 Å². The van der Waals surface area contributed by atoms with E-state index in [0.29, 0.717) is 11.3 Å². The predicted octanol–water partition coefficient (Wildman–Crippen LogP) is 8.97. The first-order valence-corrected chi connectivity index (χ1v) is 11.6. The quantitative estimate of drug-likeness (QED) is 0.317. The lowest BCUT2D eigenvalue weighted by atomic mass is 9.69. The van der Waals surface area contributed by atoms with Crippen molar-refractivity contribution >= 4 is 21.8 Å². The molecule has 0 aliphatic rings. The highest BCUT2D eigenvalue weighted by Gasteiger charge is 2.30. The van der Waals surface area contributed by atoms with Crippen molar-refractivity contribution in [3.8, 4) is 5.69 Å². The predicted molar refractivity (Wildman–Crippen MR) is 137 cm³/mol. The number of rotatable bonds is 3. The molecule has 0 spiro atoms. The maximum absolute atomic E-state index is 2.42. The molecular weight excluding hydrogens is 374 g/mol. The second-order valence-corrected chi connectivity index (χ2v) is 11.7. The molecule has 1 aromatic heterocycles. The third kappa shape index (κ3) is 4.28. The van der Waals surface area contributed by atoms with E-state index in [1.165, 1.54) is 50.6 Å². The maximum Gasteiger partial charge on any atom is 0.0541 e. The summed E-state index contributed by atoms with van der Waals surface area (Å²) in [6.45, 7) is 18.5. The van der Waals surface area contributed by atoms with Gasteiger partial charge in [0.25, 0.3) is 0 Å². The van der Waals surface area contributed by atoms with E-state index in [0.717, 1.165) is 0 Å². The Labute approximate surface area is 188 Å². The van der Waals surface area contributed by atoms with Gasteiger partial charge in [-0.15, -0.1) is 0 Å². The number of aryl methyl sites for hydroxylation is 2. The summed E-state index contributed by atoms with van der Waals surface area (Å²) in [6.07, 6.45) is 1.18. The number of hydrogen-bond donors (Lipinski definition) is 0. The van der Waals surface area contributed by atoms with Crippen molar-refractivity contribution in [2.24, 2.45) is 10.8 Å². The summed E-state index contributed by atoms with van der Waals surface area (Å²) in [5.74, 6) is 0.532. The second-order valence-electron chi connectivity index (χ2n) is 11.7. The minimum absolute atomic E-state index is 0.233. The molecule has 0 saturated heterocycles. The smallest absolute Gasteiger partial charge is 0.0541 e. The molecule has 0 radical (unpaired) electrons. The van der Waals surface area contributed by atoms with Crippen molar-refractivity contribution in [2.45, 2.75) is 67.7 Å². The molecule has 162 valence electrons. The highest BCUT2D eigenvalue weighted by Crippen LogP contribution is 2.43. The van der Waals surface area contributed by atoms with Crippen LogP contribution in [-0.2, 0) is 0 Å². The van der Waals surface area contributed by atoms with Gasteiger partial charge in [0, 0.05) is 16.5 Å². The van der Waals surface area contributed by atoms with Crippen LogP contribution in [0.5, 0.6) is 0 Å². The molecule has 4 rings (SSSR count). The summed E-state index contributed by atoms with van der Waals surface area (Å²) in [5.41, 5.74) is 8.38. The molecule has 1 atom stereocenters. The molecule has 31 heavy (non-hydrogen) atoms. The van der Waals surface area contributed by atoms with Gasteiger partial charge in [-0.3, -0.25) is 0 Å². The van der Waals surface area contributed by atoms with Crippen molar-refractivity contribution in [3.63, 3.8) is 0 Å². The zero-order valence-electron chi connectivity index (χ0n) is 20.5. The zero-order valence-corrected chi connectivity index (χ0v) is 20.5. The van der Waals surface area contributed by atoms with E-state index in [1.54, 1.807) is 0 Å². The van der Waals surface area contributed by atoms with Crippen molar-refractivity contribution in [2.75, 3.05) is 0 Å². The Balaban J connectivity index is 1.86. The molecule has 1 heterocycles. The molecule has 0 N–H and O–H groups in total. The molecule has 0 aliphatic heterocycles. The van der Waals surface area contributed by atoms with Crippen molar-refractivity contribution < 1.29 is 0 Å². The summed E-state index contributed by atoms with van der Waals surface area (Å²) in [4.78, 5) is 0. The second kappa shape index (κ2) is 7.55. The minimum Gasteiger partial charge on any atom is -0.309 e. The largest absolute Gasteiger partial charge is 0.309 e. The Morgan fingerprint density at radius 3 is 1.58 bits per heavy atom. The highest BCUT2D eigenvalue weighted by molar-refractivity contribution is 6.09. The fraction of sp³-hybridized carbons (Fsp3) is 0.400.